The number of carbonyl (C=O) groups excluding carboxylic acids is 1. The van der Waals surface area contributed by atoms with Crippen molar-refractivity contribution in [1.29, 1.82) is 0 Å². The number of carboxylic acids is 1. The Kier molecular flexibility index (Phi) is 4.39. The maximum Gasteiger partial charge on any atom is 0.334 e. The van der Waals surface area contributed by atoms with Crippen molar-refractivity contribution < 1.29 is 19.4 Å². The molecule has 5 nitrogen and oxygen atoms in total. The van der Waals surface area contributed by atoms with Gasteiger partial charge in [0, 0.05) is 6.54 Å². The highest BCUT2D eigenvalue weighted by atomic mass is 16.5. The molecule has 1 fully saturated rings. The Morgan fingerprint density at radius 1 is 1.40 bits per heavy atom. The van der Waals surface area contributed by atoms with Gasteiger partial charge in [0.05, 0.1) is 19.6 Å². The van der Waals surface area contributed by atoms with Crippen LogP contribution in [0.1, 0.15) is 16.7 Å². The zero-order valence-electron chi connectivity index (χ0n) is 11.8. The molecule has 2 rings (SSSR count). The van der Waals surface area contributed by atoms with E-state index in [1.54, 1.807) is 4.90 Å². The topological polar surface area (TPSA) is 66.8 Å². The second kappa shape index (κ2) is 6.05. The Labute approximate surface area is 118 Å². The standard InChI is InChI=1S/C15H19NO4/c1-10-3-4-11(2)12(7-10)8-14(17)16-5-6-20-13(9-16)15(18)19/h3-4,7,13H,5-6,8-9H2,1-2H3,(H,18,19)/t13-/m0/s1. The number of carbonyl (C=O) groups is 2. The molecule has 1 aromatic rings. The number of hydrogen-bond acceptors (Lipinski definition) is 3. The molecule has 1 heterocycles. The molecule has 1 saturated heterocycles. The number of hydrogen-bond donors (Lipinski definition) is 1. The van der Waals surface area contributed by atoms with Gasteiger partial charge in [-0.05, 0) is 25.0 Å². The quantitative estimate of drug-likeness (QED) is 0.900. The van der Waals surface area contributed by atoms with Crippen LogP contribution in [-0.2, 0) is 20.7 Å². The normalized spacial score (nSPS) is 18.9. The molecule has 1 amide bonds. The van der Waals surface area contributed by atoms with Crippen LogP contribution >= 0.6 is 0 Å². The van der Waals surface area contributed by atoms with Crippen LogP contribution in [0.4, 0.5) is 0 Å². The van der Waals surface area contributed by atoms with Crippen LogP contribution in [-0.4, -0.2) is 47.7 Å². The van der Waals surface area contributed by atoms with Crippen molar-refractivity contribution in [3.05, 3.63) is 34.9 Å². The van der Waals surface area contributed by atoms with E-state index in [-0.39, 0.29) is 19.1 Å². The maximum atomic E-state index is 12.3. The number of aliphatic carboxylic acids is 1. The summed E-state index contributed by atoms with van der Waals surface area (Å²) in [4.78, 5) is 24.8. The van der Waals surface area contributed by atoms with E-state index in [9.17, 15) is 9.59 Å². The molecule has 0 unspecified atom stereocenters. The number of aryl methyl sites for hydroxylation is 2. The smallest absolute Gasteiger partial charge is 0.334 e. The Hall–Kier alpha value is -1.88. The zero-order chi connectivity index (χ0) is 14.7. The maximum absolute atomic E-state index is 12.3. The van der Waals surface area contributed by atoms with Gasteiger partial charge in [0.25, 0.3) is 0 Å². The van der Waals surface area contributed by atoms with E-state index in [1.807, 2.05) is 32.0 Å². The van der Waals surface area contributed by atoms with E-state index in [4.69, 9.17) is 9.84 Å². The average Bonchev–Trinajstić information content (AvgIpc) is 2.43. The van der Waals surface area contributed by atoms with Crippen molar-refractivity contribution in [2.24, 2.45) is 0 Å². The summed E-state index contributed by atoms with van der Waals surface area (Å²) in [5.74, 6) is -1.07. The largest absolute Gasteiger partial charge is 0.479 e. The summed E-state index contributed by atoms with van der Waals surface area (Å²) in [5.41, 5.74) is 3.18. The minimum Gasteiger partial charge on any atom is -0.479 e. The number of nitrogens with zero attached hydrogens (tertiary/aromatic N) is 1. The van der Waals surface area contributed by atoms with Gasteiger partial charge in [0.2, 0.25) is 5.91 Å². The third-order valence-corrected chi connectivity index (χ3v) is 3.54. The molecular formula is C15H19NO4. The fourth-order valence-corrected chi connectivity index (χ4v) is 2.29. The first kappa shape index (κ1) is 14.5. The molecule has 20 heavy (non-hydrogen) atoms. The number of carboxylic acid groups (broad SMARTS) is 1. The molecule has 0 bridgehead atoms. The second-order valence-corrected chi connectivity index (χ2v) is 5.14. The predicted molar refractivity (Wildman–Crippen MR) is 73.6 cm³/mol. The van der Waals surface area contributed by atoms with Crippen molar-refractivity contribution >= 4 is 11.9 Å². The molecule has 1 N–H and O–H groups in total. The van der Waals surface area contributed by atoms with Crippen LogP contribution in [0.25, 0.3) is 0 Å². The Morgan fingerprint density at radius 2 is 2.15 bits per heavy atom. The summed E-state index contributed by atoms with van der Waals surface area (Å²) in [7, 11) is 0. The van der Waals surface area contributed by atoms with Gasteiger partial charge in [-0.1, -0.05) is 23.8 Å². The van der Waals surface area contributed by atoms with Gasteiger partial charge in [0.15, 0.2) is 6.10 Å². The van der Waals surface area contributed by atoms with Gasteiger partial charge < -0.3 is 14.7 Å². The van der Waals surface area contributed by atoms with E-state index < -0.39 is 12.1 Å². The summed E-state index contributed by atoms with van der Waals surface area (Å²) < 4.78 is 5.12. The third-order valence-electron chi connectivity index (χ3n) is 3.54. The monoisotopic (exact) mass is 277 g/mol. The summed E-state index contributed by atoms with van der Waals surface area (Å²) in [6, 6.07) is 6.01. The number of rotatable bonds is 3. The van der Waals surface area contributed by atoms with Gasteiger partial charge in [-0.2, -0.15) is 0 Å². The summed E-state index contributed by atoms with van der Waals surface area (Å²) in [5, 5.41) is 8.95. The van der Waals surface area contributed by atoms with Gasteiger partial charge in [-0.25, -0.2) is 4.79 Å². The van der Waals surface area contributed by atoms with Crippen LogP contribution in [0, 0.1) is 13.8 Å². The van der Waals surface area contributed by atoms with Crippen molar-refractivity contribution in [2.75, 3.05) is 19.7 Å². The van der Waals surface area contributed by atoms with Gasteiger partial charge >= 0.3 is 5.97 Å². The zero-order valence-corrected chi connectivity index (χ0v) is 11.8. The van der Waals surface area contributed by atoms with Gasteiger partial charge in [0.1, 0.15) is 0 Å². The van der Waals surface area contributed by atoms with Crippen LogP contribution in [0.2, 0.25) is 0 Å². The first-order chi connectivity index (χ1) is 9.47. The van der Waals surface area contributed by atoms with Crippen LogP contribution < -0.4 is 0 Å². The van der Waals surface area contributed by atoms with E-state index in [2.05, 4.69) is 0 Å². The Bertz CT molecular complexity index is 527. The fourth-order valence-electron chi connectivity index (χ4n) is 2.29. The Morgan fingerprint density at radius 3 is 2.85 bits per heavy atom. The van der Waals surface area contributed by atoms with E-state index >= 15 is 0 Å². The number of amides is 1. The van der Waals surface area contributed by atoms with Gasteiger partial charge in [-0.15, -0.1) is 0 Å². The molecule has 1 aliphatic rings. The molecule has 0 spiro atoms. The molecule has 1 aromatic carbocycles. The van der Waals surface area contributed by atoms with Crippen LogP contribution in [0.3, 0.4) is 0 Å². The van der Waals surface area contributed by atoms with Crippen molar-refractivity contribution in [3.8, 4) is 0 Å². The number of morpholine rings is 1. The molecule has 0 aromatic heterocycles. The first-order valence-electron chi connectivity index (χ1n) is 6.65. The minimum absolute atomic E-state index is 0.0479. The van der Waals surface area contributed by atoms with Crippen molar-refractivity contribution in [3.63, 3.8) is 0 Å². The third kappa shape index (κ3) is 3.36. The molecule has 0 saturated carbocycles. The lowest BCUT2D eigenvalue weighted by Gasteiger charge is -2.31. The Balaban J connectivity index is 2.04. The highest BCUT2D eigenvalue weighted by Crippen LogP contribution is 2.14. The highest BCUT2D eigenvalue weighted by Gasteiger charge is 2.28. The SMILES string of the molecule is Cc1ccc(C)c(CC(=O)N2CCO[C@H](C(=O)O)C2)c1. The van der Waals surface area contributed by atoms with Crippen molar-refractivity contribution in [2.45, 2.75) is 26.4 Å². The summed E-state index contributed by atoms with van der Waals surface area (Å²) in [6.45, 7) is 4.81. The average molecular weight is 277 g/mol. The number of ether oxygens (including phenoxy) is 1. The van der Waals surface area contributed by atoms with E-state index in [0.717, 1.165) is 16.7 Å². The van der Waals surface area contributed by atoms with E-state index in [1.165, 1.54) is 0 Å². The molecule has 0 radical (unpaired) electrons. The van der Waals surface area contributed by atoms with Gasteiger partial charge in [-0.3, -0.25) is 4.79 Å². The van der Waals surface area contributed by atoms with Crippen LogP contribution in [0.15, 0.2) is 18.2 Å². The fraction of sp³-hybridized carbons (Fsp3) is 0.467. The van der Waals surface area contributed by atoms with Crippen LogP contribution in [0.5, 0.6) is 0 Å². The lowest BCUT2D eigenvalue weighted by atomic mass is 10.0. The number of benzene rings is 1. The molecule has 5 heteroatoms. The molecule has 0 aliphatic carbocycles. The lowest BCUT2D eigenvalue weighted by molar-refractivity contribution is -0.159. The highest BCUT2D eigenvalue weighted by molar-refractivity contribution is 5.81. The first-order valence-corrected chi connectivity index (χ1v) is 6.65. The second-order valence-electron chi connectivity index (χ2n) is 5.14. The minimum atomic E-state index is -1.02. The summed E-state index contributed by atoms with van der Waals surface area (Å²) in [6.07, 6.45) is -0.605. The van der Waals surface area contributed by atoms with E-state index in [0.29, 0.717) is 13.0 Å². The lowest BCUT2D eigenvalue weighted by Crippen LogP contribution is -2.49. The molecular weight excluding hydrogens is 258 g/mol. The predicted octanol–water partition coefficient (Wildman–Crippen LogP) is 1.16. The van der Waals surface area contributed by atoms with Crippen molar-refractivity contribution in [1.82, 2.24) is 4.90 Å². The molecule has 1 atom stereocenters. The molecule has 108 valence electrons. The molecule has 1 aliphatic heterocycles. The summed E-state index contributed by atoms with van der Waals surface area (Å²) >= 11 is 0.